The smallest absolute Gasteiger partial charge is 0.0423 e. The standard InChI is InChI=1S/C20H26ClN.C12H17N/c1-13-11-14(2)20(15(13)3)18-12-16(21)9-10-19(18)22-17-7-5-4-6-8-17;1-3-7-11(8-4-1)13-12-9-5-2-6-10-12/h9-13,17,22H,4-8H2,1-3H3;1,3-4,7-8,12-13H,2,5-6,9-10H2. The van der Waals surface area contributed by atoms with E-state index in [1.807, 2.05) is 6.07 Å². The van der Waals surface area contributed by atoms with Crippen molar-refractivity contribution in [2.75, 3.05) is 10.6 Å². The molecule has 2 saturated carbocycles. The molecule has 1 atom stereocenters. The molecule has 0 spiro atoms. The molecule has 5 rings (SSSR count). The van der Waals surface area contributed by atoms with Crippen LogP contribution in [0.1, 0.15) is 90.5 Å². The van der Waals surface area contributed by atoms with Gasteiger partial charge >= 0.3 is 0 Å². The maximum atomic E-state index is 6.30. The van der Waals surface area contributed by atoms with Gasteiger partial charge in [-0.1, -0.05) is 86.9 Å². The molecule has 0 radical (unpaired) electrons. The third-order valence-corrected chi connectivity index (χ3v) is 8.17. The van der Waals surface area contributed by atoms with Gasteiger partial charge < -0.3 is 10.6 Å². The first-order valence-electron chi connectivity index (χ1n) is 13.8. The zero-order chi connectivity index (χ0) is 24.6. The Morgan fingerprint density at radius 1 is 0.743 bits per heavy atom. The van der Waals surface area contributed by atoms with Crippen molar-refractivity contribution in [3.63, 3.8) is 0 Å². The summed E-state index contributed by atoms with van der Waals surface area (Å²) in [5.41, 5.74) is 7.99. The fourth-order valence-corrected chi connectivity index (χ4v) is 6.05. The topological polar surface area (TPSA) is 24.1 Å². The molecule has 188 valence electrons. The second-order valence-electron chi connectivity index (χ2n) is 10.7. The van der Waals surface area contributed by atoms with Gasteiger partial charge in [0.25, 0.3) is 0 Å². The number of para-hydroxylation sites is 1. The highest BCUT2D eigenvalue weighted by molar-refractivity contribution is 6.31. The maximum absolute atomic E-state index is 6.30. The molecule has 2 nitrogen and oxygen atoms in total. The zero-order valence-electron chi connectivity index (χ0n) is 21.9. The van der Waals surface area contributed by atoms with Crippen molar-refractivity contribution < 1.29 is 0 Å². The molecule has 2 aromatic carbocycles. The van der Waals surface area contributed by atoms with E-state index in [9.17, 15) is 0 Å². The summed E-state index contributed by atoms with van der Waals surface area (Å²) in [4.78, 5) is 0. The van der Waals surface area contributed by atoms with E-state index in [-0.39, 0.29) is 0 Å². The summed E-state index contributed by atoms with van der Waals surface area (Å²) >= 11 is 6.30. The molecule has 35 heavy (non-hydrogen) atoms. The molecule has 1 unspecified atom stereocenters. The lowest BCUT2D eigenvalue weighted by atomic mass is 9.92. The van der Waals surface area contributed by atoms with Gasteiger partial charge in [0.2, 0.25) is 0 Å². The van der Waals surface area contributed by atoms with Gasteiger partial charge in [0.15, 0.2) is 0 Å². The van der Waals surface area contributed by atoms with Crippen LogP contribution in [0.25, 0.3) is 5.57 Å². The summed E-state index contributed by atoms with van der Waals surface area (Å²) in [6.45, 7) is 6.73. The van der Waals surface area contributed by atoms with Gasteiger partial charge in [0.1, 0.15) is 0 Å². The molecular weight excluding hydrogens is 448 g/mol. The minimum atomic E-state index is 0.525. The average molecular weight is 491 g/mol. The van der Waals surface area contributed by atoms with Crippen molar-refractivity contribution in [3.05, 3.63) is 76.3 Å². The van der Waals surface area contributed by atoms with E-state index in [4.69, 9.17) is 11.6 Å². The molecule has 0 amide bonds. The van der Waals surface area contributed by atoms with Gasteiger partial charge in [-0.3, -0.25) is 0 Å². The lowest BCUT2D eigenvalue weighted by Crippen LogP contribution is -2.22. The lowest BCUT2D eigenvalue weighted by Gasteiger charge is -2.26. The molecule has 0 aliphatic heterocycles. The number of nitrogens with one attached hydrogen (secondary N) is 2. The van der Waals surface area contributed by atoms with Gasteiger partial charge in [-0.15, -0.1) is 0 Å². The van der Waals surface area contributed by atoms with Crippen molar-refractivity contribution in [1.82, 2.24) is 0 Å². The van der Waals surface area contributed by atoms with E-state index in [2.05, 4.69) is 79.9 Å². The maximum Gasteiger partial charge on any atom is 0.0423 e. The van der Waals surface area contributed by atoms with Gasteiger partial charge in [-0.05, 0) is 86.9 Å². The van der Waals surface area contributed by atoms with Crippen LogP contribution >= 0.6 is 11.6 Å². The molecule has 2 fully saturated rings. The van der Waals surface area contributed by atoms with Crippen LogP contribution in [-0.4, -0.2) is 12.1 Å². The first-order valence-corrected chi connectivity index (χ1v) is 14.2. The second kappa shape index (κ2) is 12.7. The summed E-state index contributed by atoms with van der Waals surface area (Å²) < 4.78 is 0. The van der Waals surface area contributed by atoms with E-state index >= 15 is 0 Å². The van der Waals surface area contributed by atoms with Crippen molar-refractivity contribution in [2.45, 2.75) is 97.1 Å². The summed E-state index contributed by atoms with van der Waals surface area (Å²) in [6.07, 6.45) is 15.9. The Bertz CT molecular complexity index is 1010. The van der Waals surface area contributed by atoms with E-state index in [1.54, 1.807) is 0 Å². The molecule has 2 N–H and O–H groups in total. The van der Waals surface area contributed by atoms with Gasteiger partial charge in [0.05, 0.1) is 0 Å². The predicted molar refractivity (Wildman–Crippen MR) is 154 cm³/mol. The Kier molecular flexibility index (Phi) is 9.38. The predicted octanol–water partition coefficient (Wildman–Crippen LogP) is 9.89. The van der Waals surface area contributed by atoms with Crippen LogP contribution < -0.4 is 10.6 Å². The molecule has 0 saturated heterocycles. The molecule has 0 heterocycles. The summed E-state index contributed by atoms with van der Waals surface area (Å²) in [6, 6.07) is 18.1. The number of benzene rings is 2. The van der Waals surface area contributed by atoms with Gasteiger partial charge in [0, 0.05) is 34.0 Å². The highest BCUT2D eigenvalue weighted by atomic mass is 35.5. The quantitative estimate of drug-likeness (QED) is 0.435. The minimum Gasteiger partial charge on any atom is -0.382 e. The second-order valence-corrected chi connectivity index (χ2v) is 11.1. The third kappa shape index (κ3) is 7.17. The van der Waals surface area contributed by atoms with Crippen molar-refractivity contribution in [2.24, 2.45) is 5.92 Å². The van der Waals surface area contributed by atoms with E-state index < -0.39 is 0 Å². The van der Waals surface area contributed by atoms with Crippen molar-refractivity contribution in [3.8, 4) is 0 Å². The summed E-state index contributed by atoms with van der Waals surface area (Å²) in [5, 5.41) is 8.19. The van der Waals surface area contributed by atoms with Crippen LogP contribution in [0.15, 0.2) is 65.8 Å². The minimum absolute atomic E-state index is 0.525. The van der Waals surface area contributed by atoms with Crippen LogP contribution in [0.5, 0.6) is 0 Å². The normalized spacial score (nSPS) is 21.3. The Balaban J connectivity index is 0.000000189. The Hall–Kier alpha value is -2.19. The fourth-order valence-electron chi connectivity index (χ4n) is 5.88. The lowest BCUT2D eigenvalue weighted by molar-refractivity contribution is 0.462. The molecule has 2 aromatic rings. The Morgan fingerprint density at radius 3 is 1.91 bits per heavy atom. The summed E-state index contributed by atoms with van der Waals surface area (Å²) in [5.74, 6) is 0.525. The third-order valence-electron chi connectivity index (χ3n) is 7.94. The van der Waals surface area contributed by atoms with Crippen LogP contribution in [0.3, 0.4) is 0 Å². The van der Waals surface area contributed by atoms with Gasteiger partial charge in [-0.2, -0.15) is 0 Å². The highest BCUT2D eigenvalue weighted by Gasteiger charge is 2.22. The van der Waals surface area contributed by atoms with Crippen LogP contribution in [0.2, 0.25) is 5.02 Å². The zero-order valence-corrected chi connectivity index (χ0v) is 22.6. The number of halogens is 1. The monoisotopic (exact) mass is 490 g/mol. The number of allylic oxidation sites excluding steroid dienone is 4. The van der Waals surface area contributed by atoms with Crippen LogP contribution in [0.4, 0.5) is 11.4 Å². The molecule has 3 aliphatic carbocycles. The molecule has 0 bridgehead atoms. The number of hydrogen-bond acceptors (Lipinski definition) is 2. The van der Waals surface area contributed by atoms with Gasteiger partial charge in [-0.25, -0.2) is 0 Å². The van der Waals surface area contributed by atoms with E-state index in [0.29, 0.717) is 12.0 Å². The summed E-state index contributed by atoms with van der Waals surface area (Å²) in [7, 11) is 0. The largest absolute Gasteiger partial charge is 0.382 e. The number of rotatable bonds is 5. The van der Waals surface area contributed by atoms with E-state index in [1.165, 1.54) is 97.9 Å². The number of hydrogen-bond donors (Lipinski definition) is 2. The number of anilines is 2. The average Bonchev–Trinajstić information content (AvgIpc) is 3.13. The molecule has 0 aromatic heterocycles. The first kappa shape index (κ1) is 25.9. The fraction of sp³-hybridized carbons (Fsp3) is 0.500. The first-order chi connectivity index (χ1) is 17.0. The van der Waals surface area contributed by atoms with Crippen molar-refractivity contribution in [1.29, 1.82) is 0 Å². The van der Waals surface area contributed by atoms with Crippen LogP contribution in [-0.2, 0) is 0 Å². The molecular formula is C32H43ClN2. The Morgan fingerprint density at radius 2 is 1.34 bits per heavy atom. The molecule has 3 aliphatic rings. The van der Waals surface area contributed by atoms with Crippen molar-refractivity contribution >= 4 is 28.5 Å². The van der Waals surface area contributed by atoms with Crippen LogP contribution in [0, 0.1) is 5.92 Å². The molecule has 3 heteroatoms. The highest BCUT2D eigenvalue weighted by Crippen LogP contribution is 2.41. The van der Waals surface area contributed by atoms with E-state index in [0.717, 1.165) is 11.1 Å². The Labute approximate surface area is 218 Å². The SMILES string of the molecule is CC1=CC(C)C(C)=C1c1cc(Cl)ccc1NC1CCCCC1.c1ccc(NC2CCCCC2)cc1.